The highest BCUT2D eigenvalue weighted by molar-refractivity contribution is 5.99. The number of amides is 3. The Morgan fingerprint density at radius 1 is 1.32 bits per heavy atom. The maximum atomic E-state index is 14.0. The van der Waals surface area contributed by atoms with Gasteiger partial charge >= 0.3 is 6.03 Å². The molecule has 1 aliphatic heterocycles. The van der Waals surface area contributed by atoms with Gasteiger partial charge in [0.1, 0.15) is 11.9 Å². The van der Waals surface area contributed by atoms with Gasteiger partial charge < -0.3 is 20.1 Å². The Kier molecular flexibility index (Phi) is 5.02. The minimum atomic E-state index is -0.649. The van der Waals surface area contributed by atoms with Crippen molar-refractivity contribution < 1.29 is 14.0 Å². The number of nitrogens with zero attached hydrogens (tertiary/aromatic N) is 2. The summed E-state index contributed by atoms with van der Waals surface area (Å²) >= 11 is 0. The third-order valence-corrected chi connectivity index (χ3v) is 4.23. The summed E-state index contributed by atoms with van der Waals surface area (Å²) in [7, 11) is 1.90. The summed E-state index contributed by atoms with van der Waals surface area (Å²) < 4.78 is 15.8. The van der Waals surface area contributed by atoms with Crippen LogP contribution in [0.5, 0.6) is 0 Å². The van der Waals surface area contributed by atoms with Crippen molar-refractivity contribution in [2.45, 2.75) is 25.4 Å². The number of halogens is 1. The molecule has 1 saturated heterocycles. The highest BCUT2D eigenvalue weighted by Gasteiger charge is 2.31. The van der Waals surface area contributed by atoms with E-state index in [-0.39, 0.29) is 11.6 Å². The topological polar surface area (TPSA) is 66.4 Å². The second kappa shape index (κ2) is 7.38. The molecule has 6 nitrogen and oxygen atoms in total. The average Bonchev–Trinajstić information content (AvgIpc) is 3.01. The van der Waals surface area contributed by atoms with Gasteiger partial charge in [-0.25, -0.2) is 9.18 Å². The molecule has 2 heterocycles. The molecule has 0 unspecified atom stereocenters. The molecular formula is C18H21FN4O2. The van der Waals surface area contributed by atoms with Gasteiger partial charge in [-0.05, 0) is 36.6 Å². The van der Waals surface area contributed by atoms with Crippen molar-refractivity contribution in [1.29, 1.82) is 0 Å². The Morgan fingerprint density at radius 2 is 2.12 bits per heavy atom. The van der Waals surface area contributed by atoms with Crippen LogP contribution in [0.4, 0.5) is 14.9 Å². The van der Waals surface area contributed by atoms with Crippen LogP contribution in [0.1, 0.15) is 18.4 Å². The molecule has 132 valence electrons. The fourth-order valence-electron chi connectivity index (χ4n) is 2.98. The van der Waals surface area contributed by atoms with E-state index in [0.29, 0.717) is 25.9 Å². The standard InChI is InChI=1S/C18H21FN4O2/c1-22-10-8-13(12-22)11-20-18(25)21-15-6-4-9-23(17(15)24)16-7-3-2-5-14(16)19/h2-3,5,7-8,10,12,15H,4,6,9,11H2,1H3,(H2,20,21,25)/t15-/m0/s1. The number of piperidine rings is 1. The van der Waals surface area contributed by atoms with E-state index in [1.54, 1.807) is 18.2 Å². The van der Waals surface area contributed by atoms with Crippen LogP contribution in [0, 0.1) is 5.82 Å². The van der Waals surface area contributed by atoms with Crippen molar-refractivity contribution in [2.75, 3.05) is 11.4 Å². The second-order valence-electron chi connectivity index (χ2n) is 6.15. The molecule has 0 spiro atoms. The lowest BCUT2D eigenvalue weighted by Gasteiger charge is -2.32. The lowest BCUT2D eigenvalue weighted by Crippen LogP contribution is -2.54. The molecule has 1 fully saturated rings. The monoisotopic (exact) mass is 344 g/mol. The zero-order chi connectivity index (χ0) is 17.8. The van der Waals surface area contributed by atoms with Crippen LogP contribution < -0.4 is 15.5 Å². The lowest BCUT2D eigenvalue weighted by atomic mass is 10.0. The van der Waals surface area contributed by atoms with Gasteiger partial charge in [-0.3, -0.25) is 4.79 Å². The minimum Gasteiger partial charge on any atom is -0.357 e. The van der Waals surface area contributed by atoms with Crippen LogP contribution in [0.15, 0.2) is 42.7 Å². The van der Waals surface area contributed by atoms with Crippen molar-refractivity contribution in [3.63, 3.8) is 0 Å². The summed E-state index contributed by atoms with van der Waals surface area (Å²) in [4.78, 5) is 26.1. The van der Waals surface area contributed by atoms with Gasteiger partial charge in [-0.15, -0.1) is 0 Å². The first-order valence-electron chi connectivity index (χ1n) is 8.26. The van der Waals surface area contributed by atoms with E-state index in [1.165, 1.54) is 11.0 Å². The number of para-hydroxylation sites is 1. The summed E-state index contributed by atoms with van der Waals surface area (Å²) in [5.41, 5.74) is 1.23. The van der Waals surface area contributed by atoms with Gasteiger partial charge in [-0.2, -0.15) is 0 Å². The normalized spacial score (nSPS) is 17.4. The highest BCUT2D eigenvalue weighted by Crippen LogP contribution is 2.23. The van der Waals surface area contributed by atoms with Gasteiger partial charge in [-0.1, -0.05) is 12.1 Å². The number of hydrogen-bond acceptors (Lipinski definition) is 2. The maximum Gasteiger partial charge on any atom is 0.315 e. The third-order valence-electron chi connectivity index (χ3n) is 4.23. The number of carbonyl (C=O) groups is 2. The molecule has 0 aliphatic carbocycles. The number of benzene rings is 1. The Hall–Kier alpha value is -2.83. The Bertz CT molecular complexity index is 774. The van der Waals surface area contributed by atoms with Crippen LogP contribution in [0.3, 0.4) is 0 Å². The smallest absolute Gasteiger partial charge is 0.315 e. The van der Waals surface area contributed by atoms with Crippen LogP contribution in [0.25, 0.3) is 0 Å². The van der Waals surface area contributed by atoms with Crippen LogP contribution in [0.2, 0.25) is 0 Å². The van der Waals surface area contributed by atoms with Crippen molar-refractivity contribution in [3.05, 3.63) is 54.1 Å². The van der Waals surface area contributed by atoms with E-state index in [2.05, 4.69) is 10.6 Å². The van der Waals surface area contributed by atoms with Crippen LogP contribution in [-0.4, -0.2) is 29.1 Å². The molecular weight excluding hydrogens is 323 g/mol. The quantitative estimate of drug-likeness (QED) is 0.893. The van der Waals surface area contributed by atoms with Gasteiger partial charge in [0.15, 0.2) is 0 Å². The molecule has 25 heavy (non-hydrogen) atoms. The molecule has 1 aromatic heterocycles. The molecule has 1 aliphatic rings. The second-order valence-corrected chi connectivity index (χ2v) is 6.15. The number of carbonyl (C=O) groups excluding carboxylic acids is 2. The van der Waals surface area contributed by atoms with Crippen molar-refractivity contribution in [1.82, 2.24) is 15.2 Å². The van der Waals surface area contributed by atoms with E-state index >= 15 is 0 Å². The summed E-state index contributed by atoms with van der Waals surface area (Å²) in [5.74, 6) is -0.726. The average molecular weight is 344 g/mol. The zero-order valence-electron chi connectivity index (χ0n) is 14.0. The molecule has 0 saturated carbocycles. The predicted octanol–water partition coefficient (Wildman–Crippen LogP) is 2.16. The van der Waals surface area contributed by atoms with E-state index < -0.39 is 17.9 Å². The van der Waals surface area contributed by atoms with Crippen molar-refractivity contribution in [2.24, 2.45) is 7.05 Å². The van der Waals surface area contributed by atoms with E-state index in [4.69, 9.17) is 0 Å². The van der Waals surface area contributed by atoms with Crippen molar-refractivity contribution in [3.8, 4) is 0 Å². The Labute approximate surface area is 145 Å². The number of rotatable bonds is 4. The number of hydrogen-bond donors (Lipinski definition) is 2. The van der Waals surface area contributed by atoms with Gasteiger partial charge in [0.05, 0.1) is 5.69 Å². The van der Waals surface area contributed by atoms with Crippen LogP contribution in [-0.2, 0) is 18.4 Å². The first kappa shape index (κ1) is 17.0. The fraction of sp³-hybridized carbons (Fsp3) is 0.333. The number of aryl methyl sites for hydroxylation is 1. The molecule has 3 rings (SSSR count). The SMILES string of the molecule is Cn1ccc(CNC(=O)N[C@H]2CCCN(c3ccccc3F)C2=O)c1. The van der Waals surface area contributed by atoms with E-state index in [0.717, 1.165) is 5.56 Å². The highest BCUT2D eigenvalue weighted by atomic mass is 19.1. The molecule has 0 radical (unpaired) electrons. The molecule has 2 N–H and O–H groups in total. The maximum absolute atomic E-state index is 14.0. The zero-order valence-corrected chi connectivity index (χ0v) is 14.0. The number of nitrogens with one attached hydrogen (secondary N) is 2. The minimum absolute atomic E-state index is 0.253. The Morgan fingerprint density at radius 3 is 2.84 bits per heavy atom. The molecule has 1 atom stereocenters. The molecule has 2 aromatic rings. The summed E-state index contributed by atoms with van der Waals surface area (Å²) in [6.45, 7) is 0.828. The van der Waals surface area contributed by atoms with Crippen molar-refractivity contribution >= 4 is 17.6 Å². The first-order chi connectivity index (χ1) is 12.0. The fourth-order valence-corrected chi connectivity index (χ4v) is 2.98. The third kappa shape index (κ3) is 3.99. The molecule has 1 aromatic carbocycles. The van der Waals surface area contributed by atoms with Gasteiger partial charge in [0.2, 0.25) is 5.91 Å². The Balaban J connectivity index is 1.59. The predicted molar refractivity (Wildman–Crippen MR) is 92.6 cm³/mol. The lowest BCUT2D eigenvalue weighted by molar-refractivity contribution is -0.121. The summed E-state index contributed by atoms with van der Waals surface area (Å²) in [6.07, 6.45) is 5.05. The van der Waals surface area contributed by atoms with E-state index in [1.807, 2.05) is 30.1 Å². The van der Waals surface area contributed by atoms with Gasteiger partial charge in [0, 0.05) is 32.5 Å². The molecule has 3 amide bonds. The molecule has 0 bridgehead atoms. The summed E-state index contributed by atoms with van der Waals surface area (Å²) in [5, 5.41) is 5.43. The first-order valence-corrected chi connectivity index (χ1v) is 8.26. The number of anilines is 1. The molecule has 7 heteroatoms. The largest absolute Gasteiger partial charge is 0.357 e. The van der Waals surface area contributed by atoms with E-state index in [9.17, 15) is 14.0 Å². The number of aromatic nitrogens is 1. The van der Waals surface area contributed by atoms with Crippen LogP contribution >= 0.6 is 0 Å². The van der Waals surface area contributed by atoms with Gasteiger partial charge in [0.25, 0.3) is 0 Å². The summed E-state index contributed by atoms with van der Waals surface area (Å²) in [6, 6.07) is 7.03. The number of urea groups is 1.